The number of amides is 1. The van der Waals surface area contributed by atoms with Gasteiger partial charge in [0, 0.05) is 12.3 Å². The second kappa shape index (κ2) is 8.49. The number of ether oxygens (including phenoxy) is 2. The van der Waals surface area contributed by atoms with Crippen molar-refractivity contribution in [1.29, 1.82) is 0 Å². The highest BCUT2D eigenvalue weighted by Crippen LogP contribution is 2.33. The summed E-state index contributed by atoms with van der Waals surface area (Å²) in [5.74, 6) is 0.267. The van der Waals surface area contributed by atoms with Crippen LogP contribution in [0.1, 0.15) is 38.7 Å². The monoisotopic (exact) mass is 357 g/mol. The molecule has 2 heterocycles. The van der Waals surface area contributed by atoms with Gasteiger partial charge in [-0.1, -0.05) is 42.0 Å². The Morgan fingerprint density at radius 3 is 2.42 bits per heavy atom. The molecule has 2 aliphatic rings. The summed E-state index contributed by atoms with van der Waals surface area (Å²) < 4.78 is 11.1. The number of carbonyl (C=O) groups excluding carboxylic acids is 2. The Labute approximate surface area is 155 Å². The summed E-state index contributed by atoms with van der Waals surface area (Å²) >= 11 is 0. The number of benzene rings is 1. The maximum Gasteiger partial charge on any atom is 0.410 e. The SMILES string of the molecule is CC(C)=CCC(=O)C1CC2COCC(C1)N2C(=O)OCc1ccccc1. The van der Waals surface area contributed by atoms with Crippen LogP contribution in [0.4, 0.5) is 4.79 Å². The van der Waals surface area contributed by atoms with Crippen LogP contribution < -0.4 is 0 Å². The third-order valence-electron chi connectivity index (χ3n) is 5.10. The van der Waals surface area contributed by atoms with Crippen molar-refractivity contribution in [2.75, 3.05) is 13.2 Å². The molecule has 0 aliphatic carbocycles. The topological polar surface area (TPSA) is 55.8 Å². The highest BCUT2D eigenvalue weighted by Gasteiger charge is 2.44. The van der Waals surface area contributed by atoms with E-state index < -0.39 is 0 Å². The molecule has 0 aromatic heterocycles. The third kappa shape index (κ3) is 4.52. The van der Waals surface area contributed by atoms with E-state index in [9.17, 15) is 9.59 Å². The predicted molar refractivity (Wildman–Crippen MR) is 98.6 cm³/mol. The van der Waals surface area contributed by atoms with E-state index in [-0.39, 0.29) is 36.5 Å². The fourth-order valence-electron chi connectivity index (χ4n) is 3.74. The van der Waals surface area contributed by atoms with Crippen LogP contribution in [-0.2, 0) is 20.9 Å². The minimum atomic E-state index is -0.303. The van der Waals surface area contributed by atoms with Crippen molar-refractivity contribution in [3.05, 3.63) is 47.5 Å². The number of hydrogen-bond acceptors (Lipinski definition) is 4. The van der Waals surface area contributed by atoms with Gasteiger partial charge in [-0.3, -0.25) is 9.69 Å². The number of carbonyl (C=O) groups is 2. The van der Waals surface area contributed by atoms with Crippen LogP contribution in [0.3, 0.4) is 0 Å². The summed E-state index contributed by atoms with van der Waals surface area (Å²) in [6.07, 6.45) is 3.47. The van der Waals surface area contributed by atoms with E-state index in [1.165, 1.54) is 0 Å². The Morgan fingerprint density at radius 1 is 1.15 bits per heavy atom. The van der Waals surface area contributed by atoms with Gasteiger partial charge >= 0.3 is 6.09 Å². The molecule has 5 nitrogen and oxygen atoms in total. The number of Topliss-reactive ketones (excluding diaryl/α,β-unsaturated/α-hetero) is 1. The van der Waals surface area contributed by atoms with Crippen LogP contribution in [0.5, 0.6) is 0 Å². The second-order valence-electron chi connectivity index (χ2n) is 7.41. The van der Waals surface area contributed by atoms with Gasteiger partial charge in [0.05, 0.1) is 25.3 Å². The van der Waals surface area contributed by atoms with Gasteiger partial charge in [-0.25, -0.2) is 4.79 Å². The van der Waals surface area contributed by atoms with Gasteiger partial charge in [0.2, 0.25) is 0 Å². The van der Waals surface area contributed by atoms with Crippen molar-refractivity contribution in [3.8, 4) is 0 Å². The Kier molecular flexibility index (Phi) is 6.09. The fourth-order valence-corrected chi connectivity index (χ4v) is 3.74. The number of fused-ring (bicyclic) bond motifs is 2. The summed E-state index contributed by atoms with van der Waals surface area (Å²) in [7, 11) is 0. The lowest BCUT2D eigenvalue weighted by Gasteiger charge is -2.47. The molecule has 26 heavy (non-hydrogen) atoms. The second-order valence-corrected chi connectivity index (χ2v) is 7.41. The minimum Gasteiger partial charge on any atom is -0.445 e. The van der Waals surface area contributed by atoms with E-state index in [0.717, 1.165) is 11.1 Å². The zero-order valence-electron chi connectivity index (χ0n) is 15.5. The van der Waals surface area contributed by atoms with Gasteiger partial charge in [0.25, 0.3) is 0 Å². The molecule has 1 amide bonds. The molecular weight excluding hydrogens is 330 g/mol. The van der Waals surface area contributed by atoms with Gasteiger partial charge in [0.1, 0.15) is 12.4 Å². The quantitative estimate of drug-likeness (QED) is 0.754. The molecule has 2 aliphatic heterocycles. The lowest BCUT2D eigenvalue weighted by atomic mass is 9.82. The summed E-state index contributed by atoms with van der Waals surface area (Å²) in [5.41, 5.74) is 2.12. The summed E-state index contributed by atoms with van der Waals surface area (Å²) in [4.78, 5) is 26.9. The van der Waals surface area contributed by atoms with Crippen LogP contribution in [0, 0.1) is 5.92 Å². The molecule has 2 fully saturated rings. The molecule has 1 aromatic carbocycles. The lowest BCUT2D eigenvalue weighted by molar-refractivity contribution is -0.130. The van der Waals surface area contributed by atoms with Gasteiger partial charge in [-0.2, -0.15) is 0 Å². The summed E-state index contributed by atoms with van der Waals surface area (Å²) in [6.45, 7) is 5.22. The normalized spacial score (nSPS) is 24.7. The average Bonchev–Trinajstić information content (AvgIpc) is 2.63. The van der Waals surface area contributed by atoms with Crippen molar-refractivity contribution in [2.45, 2.75) is 51.8 Å². The molecular formula is C21H27NO4. The molecule has 2 atom stereocenters. The van der Waals surface area contributed by atoms with E-state index >= 15 is 0 Å². The highest BCUT2D eigenvalue weighted by molar-refractivity contribution is 5.83. The smallest absolute Gasteiger partial charge is 0.410 e. The first-order valence-electron chi connectivity index (χ1n) is 9.27. The lowest BCUT2D eigenvalue weighted by Crippen LogP contribution is -2.59. The summed E-state index contributed by atoms with van der Waals surface area (Å²) in [5, 5.41) is 0. The molecule has 0 saturated carbocycles. The first kappa shape index (κ1) is 18.6. The standard InChI is InChI=1S/C21H27NO4/c1-15(2)8-9-20(23)17-10-18-13-25-14-19(11-17)22(18)21(24)26-12-16-6-4-3-5-7-16/h3-8,17-19H,9-14H2,1-2H3. The summed E-state index contributed by atoms with van der Waals surface area (Å²) in [6, 6.07) is 9.50. The van der Waals surface area contributed by atoms with Crippen LogP contribution in [0.25, 0.3) is 0 Å². The number of nitrogens with zero attached hydrogens (tertiary/aromatic N) is 1. The molecule has 140 valence electrons. The Balaban J connectivity index is 1.60. The average molecular weight is 357 g/mol. The highest BCUT2D eigenvalue weighted by atomic mass is 16.6. The van der Waals surface area contributed by atoms with E-state index in [1.807, 2.05) is 50.3 Å². The first-order valence-corrected chi connectivity index (χ1v) is 9.27. The largest absolute Gasteiger partial charge is 0.445 e. The Morgan fingerprint density at radius 2 is 1.81 bits per heavy atom. The number of ketones is 1. The van der Waals surface area contributed by atoms with Crippen LogP contribution in [0.2, 0.25) is 0 Å². The maximum absolute atomic E-state index is 12.6. The molecule has 2 saturated heterocycles. The van der Waals surface area contributed by atoms with Crippen molar-refractivity contribution in [1.82, 2.24) is 4.90 Å². The van der Waals surface area contributed by atoms with Gasteiger partial charge in [-0.05, 0) is 32.3 Å². The molecule has 5 heteroatoms. The number of piperidine rings is 1. The van der Waals surface area contributed by atoms with Crippen molar-refractivity contribution in [2.24, 2.45) is 5.92 Å². The van der Waals surface area contributed by atoms with Crippen LogP contribution in [0.15, 0.2) is 42.0 Å². The predicted octanol–water partition coefficient (Wildman–Crippen LogP) is 3.73. The fraction of sp³-hybridized carbons (Fsp3) is 0.524. The first-order chi connectivity index (χ1) is 12.5. The van der Waals surface area contributed by atoms with E-state index in [2.05, 4.69) is 0 Å². The molecule has 0 N–H and O–H groups in total. The van der Waals surface area contributed by atoms with E-state index in [1.54, 1.807) is 4.90 Å². The van der Waals surface area contributed by atoms with Crippen molar-refractivity contribution >= 4 is 11.9 Å². The van der Waals surface area contributed by atoms with E-state index in [0.29, 0.717) is 32.5 Å². The van der Waals surface area contributed by atoms with Crippen molar-refractivity contribution in [3.63, 3.8) is 0 Å². The Bertz CT molecular complexity index is 652. The number of hydrogen-bond donors (Lipinski definition) is 0. The zero-order chi connectivity index (χ0) is 18.5. The van der Waals surface area contributed by atoms with E-state index in [4.69, 9.17) is 9.47 Å². The Hall–Kier alpha value is -2.14. The minimum absolute atomic E-state index is 0.00248. The molecule has 2 bridgehead atoms. The number of rotatable bonds is 5. The van der Waals surface area contributed by atoms with Crippen LogP contribution >= 0.6 is 0 Å². The van der Waals surface area contributed by atoms with Crippen LogP contribution in [-0.4, -0.2) is 42.1 Å². The zero-order valence-corrected chi connectivity index (χ0v) is 15.5. The molecule has 0 spiro atoms. The van der Waals surface area contributed by atoms with Gasteiger partial charge in [0.15, 0.2) is 0 Å². The van der Waals surface area contributed by atoms with Crippen molar-refractivity contribution < 1.29 is 19.1 Å². The number of allylic oxidation sites excluding steroid dienone is 2. The van der Waals surface area contributed by atoms with Gasteiger partial charge in [-0.15, -0.1) is 0 Å². The third-order valence-corrected chi connectivity index (χ3v) is 5.10. The number of morpholine rings is 1. The molecule has 2 unspecified atom stereocenters. The van der Waals surface area contributed by atoms with Gasteiger partial charge < -0.3 is 9.47 Å². The molecule has 1 aromatic rings. The molecule has 0 radical (unpaired) electrons. The molecule has 3 rings (SSSR count). The maximum atomic E-state index is 12.6.